The molecule has 2 N–H and O–H groups in total. The van der Waals surface area contributed by atoms with Crippen molar-refractivity contribution in [3.8, 4) is 11.5 Å². The maximum atomic E-state index is 12.1. The van der Waals surface area contributed by atoms with Crippen LogP contribution in [0.4, 0.5) is 4.79 Å². The van der Waals surface area contributed by atoms with Crippen molar-refractivity contribution < 1.29 is 19.1 Å². The van der Waals surface area contributed by atoms with Crippen molar-refractivity contribution in [2.24, 2.45) is 0 Å². The number of amides is 3. The summed E-state index contributed by atoms with van der Waals surface area (Å²) >= 11 is 0. The summed E-state index contributed by atoms with van der Waals surface area (Å²) in [5, 5.41) is 5.06. The average Bonchev–Trinajstić information content (AvgIpc) is 2.89. The number of carbonyl (C=O) groups excluding carboxylic acids is 2. The number of fused-ring (bicyclic) bond motifs is 3. The van der Waals surface area contributed by atoms with E-state index in [1.165, 1.54) is 0 Å². The highest BCUT2D eigenvalue weighted by atomic mass is 16.6. The SMILES string of the molecule is O=C1NC(=O)C2(CCc3cc4c(cc32)OCCO4)N1. The molecule has 6 nitrogen and oxygen atoms in total. The first-order valence-electron chi connectivity index (χ1n) is 6.26. The van der Waals surface area contributed by atoms with Crippen LogP contribution in [0.1, 0.15) is 17.5 Å². The molecule has 98 valence electrons. The van der Waals surface area contributed by atoms with E-state index in [0.717, 1.165) is 17.5 Å². The number of rotatable bonds is 0. The lowest BCUT2D eigenvalue weighted by atomic mass is 9.92. The summed E-state index contributed by atoms with van der Waals surface area (Å²) < 4.78 is 11.1. The summed E-state index contributed by atoms with van der Waals surface area (Å²) in [6, 6.07) is 3.30. The molecule has 0 radical (unpaired) electrons. The molecule has 2 aliphatic heterocycles. The Morgan fingerprint density at radius 2 is 1.84 bits per heavy atom. The second-order valence-electron chi connectivity index (χ2n) is 4.97. The molecule has 6 heteroatoms. The van der Waals surface area contributed by atoms with Crippen molar-refractivity contribution in [2.45, 2.75) is 18.4 Å². The quantitative estimate of drug-likeness (QED) is 0.664. The molecule has 1 aliphatic carbocycles. The van der Waals surface area contributed by atoms with Crippen molar-refractivity contribution in [2.75, 3.05) is 13.2 Å². The minimum Gasteiger partial charge on any atom is -0.486 e. The van der Waals surface area contributed by atoms with E-state index < -0.39 is 11.6 Å². The highest BCUT2D eigenvalue weighted by molar-refractivity contribution is 6.08. The van der Waals surface area contributed by atoms with Gasteiger partial charge in [0.05, 0.1) is 0 Å². The number of urea groups is 1. The fraction of sp³-hybridized carbons (Fsp3) is 0.385. The normalized spacial score (nSPS) is 27.2. The first-order chi connectivity index (χ1) is 9.19. The molecular weight excluding hydrogens is 248 g/mol. The second-order valence-corrected chi connectivity index (χ2v) is 4.97. The Hall–Kier alpha value is -2.24. The molecule has 3 aliphatic rings. The van der Waals surface area contributed by atoms with Crippen LogP contribution >= 0.6 is 0 Å². The van der Waals surface area contributed by atoms with Crippen LogP contribution in [0.2, 0.25) is 0 Å². The predicted molar refractivity (Wildman–Crippen MR) is 64.1 cm³/mol. The lowest BCUT2D eigenvalue weighted by molar-refractivity contribution is -0.124. The fourth-order valence-electron chi connectivity index (χ4n) is 3.05. The van der Waals surface area contributed by atoms with Gasteiger partial charge < -0.3 is 14.8 Å². The van der Waals surface area contributed by atoms with Gasteiger partial charge in [-0.25, -0.2) is 4.79 Å². The average molecular weight is 260 g/mol. The molecule has 1 saturated heterocycles. The molecule has 0 saturated carbocycles. The van der Waals surface area contributed by atoms with Crippen LogP contribution in [0, 0.1) is 0 Å². The van der Waals surface area contributed by atoms with E-state index in [2.05, 4.69) is 10.6 Å². The zero-order chi connectivity index (χ0) is 13.0. The highest BCUT2D eigenvalue weighted by Crippen LogP contribution is 2.44. The molecule has 1 aromatic carbocycles. The van der Waals surface area contributed by atoms with E-state index in [1.54, 1.807) is 0 Å². The number of hydrogen-bond acceptors (Lipinski definition) is 4. The van der Waals surface area contributed by atoms with Crippen molar-refractivity contribution in [3.63, 3.8) is 0 Å². The van der Waals surface area contributed by atoms with Gasteiger partial charge in [0, 0.05) is 0 Å². The summed E-state index contributed by atoms with van der Waals surface area (Å²) in [5.41, 5.74) is 0.920. The van der Waals surface area contributed by atoms with Gasteiger partial charge in [-0.05, 0) is 36.1 Å². The molecule has 1 atom stereocenters. The Bertz CT molecular complexity index is 613. The third-order valence-electron chi connectivity index (χ3n) is 3.94. The molecule has 1 aromatic rings. The number of aryl methyl sites for hydroxylation is 1. The van der Waals surface area contributed by atoms with E-state index >= 15 is 0 Å². The maximum Gasteiger partial charge on any atom is 0.322 e. The molecule has 4 rings (SSSR count). The number of hydrogen-bond donors (Lipinski definition) is 2. The van der Waals surface area contributed by atoms with Gasteiger partial charge in [-0.3, -0.25) is 10.1 Å². The largest absolute Gasteiger partial charge is 0.486 e. The molecule has 0 aromatic heterocycles. The van der Waals surface area contributed by atoms with Crippen LogP contribution in [0.15, 0.2) is 12.1 Å². The van der Waals surface area contributed by atoms with Crippen LogP contribution in [0.5, 0.6) is 11.5 Å². The van der Waals surface area contributed by atoms with Gasteiger partial charge in [-0.2, -0.15) is 0 Å². The molecule has 2 heterocycles. The minimum absolute atomic E-state index is 0.284. The molecule has 3 amide bonds. The van der Waals surface area contributed by atoms with E-state index in [-0.39, 0.29) is 5.91 Å². The molecule has 1 fully saturated rings. The standard InChI is InChI=1S/C13H12N2O4/c16-11-13(15-12(17)14-11)2-1-7-5-9-10(6-8(7)13)19-4-3-18-9/h5-6H,1-4H2,(H2,14,15,16,17). The third-order valence-corrected chi connectivity index (χ3v) is 3.94. The Morgan fingerprint density at radius 3 is 2.53 bits per heavy atom. The van der Waals surface area contributed by atoms with Crippen LogP contribution in [-0.4, -0.2) is 25.2 Å². The van der Waals surface area contributed by atoms with Crippen LogP contribution in [0.25, 0.3) is 0 Å². The van der Waals surface area contributed by atoms with Gasteiger partial charge in [-0.15, -0.1) is 0 Å². The molecule has 19 heavy (non-hydrogen) atoms. The van der Waals surface area contributed by atoms with Gasteiger partial charge in [-0.1, -0.05) is 0 Å². The zero-order valence-electron chi connectivity index (χ0n) is 10.1. The number of imide groups is 1. The lowest BCUT2D eigenvalue weighted by Crippen LogP contribution is -2.41. The van der Waals surface area contributed by atoms with Gasteiger partial charge >= 0.3 is 6.03 Å². The Kier molecular flexibility index (Phi) is 1.91. The molecule has 1 unspecified atom stereocenters. The van der Waals surface area contributed by atoms with Crippen LogP contribution < -0.4 is 20.1 Å². The zero-order valence-corrected chi connectivity index (χ0v) is 10.1. The van der Waals surface area contributed by atoms with Crippen LogP contribution in [-0.2, 0) is 16.8 Å². The maximum absolute atomic E-state index is 12.1. The second kappa shape index (κ2) is 3.40. The van der Waals surface area contributed by atoms with Gasteiger partial charge in [0.2, 0.25) is 0 Å². The Labute approximate surface area is 109 Å². The van der Waals surface area contributed by atoms with Gasteiger partial charge in [0.25, 0.3) is 5.91 Å². The van der Waals surface area contributed by atoms with E-state index in [9.17, 15) is 9.59 Å². The number of nitrogens with one attached hydrogen (secondary N) is 2. The van der Waals surface area contributed by atoms with Gasteiger partial charge in [0.15, 0.2) is 11.5 Å². The predicted octanol–water partition coefficient (Wildman–Crippen LogP) is 0.439. The summed E-state index contributed by atoms with van der Waals surface area (Å²) in [7, 11) is 0. The van der Waals surface area contributed by atoms with Crippen LogP contribution in [0.3, 0.4) is 0 Å². The van der Waals surface area contributed by atoms with E-state index in [0.29, 0.717) is 31.1 Å². The fourth-order valence-corrected chi connectivity index (χ4v) is 3.05. The summed E-state index contributed by atoms with van der Waals surface area (Å²) in [6.45, 7) is 1.03. The van der Waals surface area contributed by atoms with Crippen molar-refractivity contribution >= 4 is 11.9 Å². The molecular formula is C13H12N2O4. The molecule has 0 bridgehead atoms. The first kappa shape index (κ1) is 10.7. The summed E-state index contributed by atoms with van der Waals surface area (Å²) in [4.78, 5) is 23.5. The van der Waals surface area contributed by atoms with Crippen molar-refractivity contribution in [1.29, 1.82) is 0 Å². The molecule has 1 spiro atoms. The minimum atomic E-state index is -0.928. The highest BCUT2D eigenvalue weighted by Gasteiger charge is 2.51. The third kappa shape index (κ3) is 1.31. The number of carbonyl (C=O) groups is 2. The smallest absolute Gasteiger partial charge is 0.322 e. The number of ether oxygens (including phenoxy) is 2. The Balaban J connectivity index is 1.87. The monoisotopic (exact) mass is 260 g/mol. The topological polar surface area (TPSA) is 76.7 Å². The van der Waals surface area contributed by atoms with Crippen molar-refractivity contribution in [3.05, 3.63) is 23.3 Å². The van der Waals surface area contributed by atoms with E-state index in [4.69, 9.17) is 9.47 Å². The van der Waals surface area contributed by atoms with E-state index in [1.807, 2.05) is 12.1 Å². The Morgan fingerprint density at radius 1 is 1.11 bits per heavy atom. The summed E-state index contributed by atoms with van der Waals surface area (Å²) in [6.07, 6.45) is 1.31. The lowest BCUT2D eigenvalue weighted by Gasteiger charge is -2.24. The first-order valence-corrected chi connectivity index (χ1v) is 6.26. The number of benzene rings is 1. The van der Waals surface area contributed by atoms with Gasteiger partial charge in [0.1, 0.15) is 18.8 Å². The summed E-state index contributed by atoms with van der Waals surface area (Å²) in [5.74, 6) is 1.07. The van der Waals surface area contributed by atoms with Crippen molar-refractivity contribution in [1.82, 2.24) is 10.6 Å².